The molecule has 0 aromatic carbocycles. The van der Waals surface area contributed by atoms with Gasteiger partial charge in [0.15, 0.2) is 0 Å². The second-order valence-corrected chi connectivity index (χ2v) is 3.15. The first kappa shape index (κ1) is 8.47. The lowest BCUT2D eigenvalue weighted by Gasteiger charge is -2.13. The Morgan fingerprint density at radius 1 is 1.73 bits per heavy atom. The van der Waals surface area contributed by atoms with Crippen molar-refractivity contribution in [3.8, 4) is 0 Å². The molecular formula is C9H14O2. The highest BCUT2D eigenvalue weighted by Gasteiger charge is 2.27. The van der Waals surface area contributed by atoms with Crippen molar-refractivity contribution in [3.05, 3.63) is 12.2 Å². The number of aldehydes is 1. The van der Waals surface area contributed by atoms with Crippen LogP contribution in [-0.2, 0) is 9.53 Å². The predicted molar refractivity (Wildman–Crippen MR) is 43.3 cm³/mol. The molecule has 2 atom stereocenters. The zero-order valence-corrected chi connectivity index (χ0v) is 6.88. The van der Waals surface area contributed by atoms with Crippen LogP contribution in [0.2, 0.25) is 0 Å². The lowest BCUT2D eigenvalue weighted by atomic mass is 9.88. The molecule has 1 fully saturated rings. The Hall–Kier alpha value is -0.630. The second kappa shape index (κ2) is 3.67. The van der Waals surface area contributed by atoms with E-state index < -0.39 is 0 Å². The number of hydrogen-bond donors (Lipinski definition) is 0. The van der Waals surface area contributed by atoms with Crippen LogP contribution in [0.1, 0.15) is 13.3 Å². The maximum Gasteiger partial charge on any atom is 0.120 e. The number of carbonyl (C=O) groups is 1. The van der Waals surface area contributed by atoms with Gasteiger partial charge in [-0.1, -0.05) is 12.2 Å². The molecule has 0 saturated carbocycles. The molecule has 11 heavy (non-hydrogen) atoms. The molecule has 2 heteroatoms. The third kappa shape index (κ3) is 1.90. The predicted octanol–water partition coefficient (Wildman–Crippen LogP) is 1.41. The molecule has 1 heterocycles. The van der Waals surface area contributed by atoms with E-state index in [-0.39, 0.29) is 0 Å². The SMILES string of the molecule is C=C(C)C1COCC1CC=O. The summed E-state index contributed by atoms with van der Waals surface area (Å²) < 4.78 is 5.26. The standard InChI is InChI=1S/C9H14O2/c1-7(2)9-6-11-5-8(9)3-4-10/h4,8-9H,1,3,5-6H2,2H3. The Kier molecular flexibility index (Phi) is 2.83. The van der Waals surface area contributed by atoms with Crippen molar-refractivity contribution >= 4 is 6.29 Å². The minimum atomic E-state index is 0.380. The van der Waals surface area contributed by atoms with Crippen LogP contribution in [0.4, 0.5) is 0 Å². The zero-order chi connectivity index (χ0) is 8.27. The van der Waals surface area contributed by atoms with Crippen molar-refractivity contribution in [1.29, 1.82) is 0 Å². The number of carbonyl (C=O) groups excluding carboxylic acids is 1. The van der Waals surface area contributed by atoms with E-state index in [1.54, 1.807) is 0 Å². The molecule has 2 unspecified atom stereocenters. The molecule has 0 aromatic rings. The van der Waals surface area contributed by atoms with E-state index in [0.29, 0.717) is 18.3 Å². The van der Waals surface area contributed by atoms with Crippen LogP contribution >= 0.6 is 0 Å². The van der Waals surface area contributed by atoms with Crippen molar-refractivity contribution in [1.82, 2.24) is 0 Å². The molecule has 1 aliphatic rings. The molecule has 0 N–H and O–H groups in total. The summed E-state index contributed by atoms with van der Waals surface area (Å²) in [4.78, 5) is 10.2. The third-order valence-corrected chi connectivity index (χ3v) is 2.23. The summed E-state index contributed by atoms with van der Waals surface area (Å²) >= 11 is 0. The highest BCUT2D eigenvalue weighted by Crippen LogP contribution is 2.27. The lowest BCUT2D eigenvalue weighted by Crippen LogP contribution is -2.13. The molecule has 1 saturated heterocycles. The molecule has 1 rings (SSSR count). The fraction of sp³-hybridized carbons (Fsp3) is 0.667. The van der Waals surface area contributed by atoms with Gasteiger partial charge in [0, 0.05) is 12.3 Å². The van der Waals surface area contributed by atoms with E-state index in [0.717, 1.165) is 25.1 Å². The molecule has 0 aliphatic carbocycles. The second-order valence-electron chi connectivity index (χ2n) is 3.15. The number of ether oxygens (including phenoxy) is 1. The summed E-state index contributed by atoms with van der Waals surface area (Å²) in [5.41, 5.74) is 1.13. The van der Waals surface area contributed by atoms with Gasteiger partial charge in [-0.3, -0.25) is 0 Å². The molecular weight excluding hydrogens is 140 g/mol. The first-order valence-electron chi connectivity index (χ1n) is 3.92. The maximum atomic E-state index is 10.2. The van der Waals surface area contributed by atoms with Gasteiger partial charge in [0.1, 0.15) is 6.29 Å². The first-order valence-corrected chi connectivity index (χ1v) is 3.92. The van der Waals surface area contributed by atoms with Crippen molar-refractivity contribution in [2.45, 2.75) is 13.3 Å². The third-order valence-electron chi connectivity index (χ3n) is 2.23. The number of hydrogen-bond acceptors (Lipinski definition) is 2. The van der Waals surface area contributed by atoms with Crippen molar-refractivity contribution in [3.63, 3.8) is 0 Å². The summed E-state index contributed by atoms with van der Waals surface area (Å²) in [5.74, 6) is 0.783. The molecule has 2 nitrogen and oxygen atoms in total. The van der Waals surface area contributed by atoms with Gasteiger partial charge in [-0.25, -0.2) is 0 Å². The fourth-order valence-corrected chi connectivity index (χ4v) is 1.50. The molecule has 0 radical (unpaired) electrons. The van der Waals surface area contributed by atoms with Crippen LogP contribution < -0.4 is 0 Å². The van der Waals surface area contributed by atoms with Gasteiger partial charge in [0.2, 0.25) is 0 Å². The topological polar surface area (TPSA) is 26.3 Å². The lowest BCUT2D eigenvalue weighted by molar-refractivity contribution is -0.108. The normalized spacial score (nSPS) is 30.3. The maximum absolute atomic E-state index is 10.2. The molecule has 0 spiro atoms. The van der Waals surface area contributed by atoms with Gasteiger partial charge in [-0.2, -0.15) is 0 Å². The molecule has 0 amide bonds. The van der Waals surface area contributed by atoms with E-state index in [4.69, 9.17) is 4.74 Å². The summed E-state index contributed by atoms with van der Waals surface area (Å²) in [5, 5.41) is 0. The van der Waals surface area contributed by atoms with Crippen LogP contribution in [-0.4, -0.2) is 19.5 Å². The minimum Gasteiger partial charge on any atom is -0.380 e. The zero-order valence-electron chi connectivity index (χ0n) is 6.88. The Labute approximate surface area is 67.2 Å². The van der Waals surface area contributed by atoms with Crippen LogP contribution in [0, 0.1) is 11.8 Å². The van der Waals surface area contributed by atoms with Crippen LogP contribution in [0.3, 0.4) is 0 Å². The van der Waals surface area contributed by atoms with E-state index in [9.17, 15) is 4.79 Å². The van der Waals surface area contributed by atoms with E-state index >= 15 is 0 Å². The Morgan fingerprint density at radius 3 is 3.00 bits per heavy atom. The van der Waals surface area contributed by atoms with Gasteiger partial charge in [0.25, 0.3) is 0 Å². The van der Waals surface area contributed by atoms with Crippen molar-refractivity contribution < 1.29 is 9.53 Å². The first-order chi connectivity index (χ1) is 5.25. The highest BCUT2D eigenvalue weighted by atomic mass is 16.5. The summed E-state index contributed by atoms with van der Waals surface area (Å²) in [7, 11) is 0. The molecule has 1 aliphatic heterocycles. The van der Waals surface area contributed by atoms with Crippen LogP contribution in [0.15, 0.2) is 12.2 Å². The van der Waals surface area contributed by atoms with Crippen molar-refractivity contribution in [2.75, 3.05) is 13.2 Å². The minimum absolute atomic E-state index is 0.380. The fourth-order valence-electron chi connectivity index (χ4n) is 1.50. The highest BCUT2D eigenvalue weighted by molar-refractivity contribution is 5.50. The Bertz CT molecular complexity index is 163. The van der Waals surface area contributed by atoms with Crippen LogP contribution in [0.25, 0.3) is 0 Å². The Morgan fingerprint density at radius 2 is 2.45 bits per heavy atom. The molecule has 62 valence electrons. The summed E-state index contributed by atoms with van der Waals surface area (Å²) in [6, 6.07) is 0. The van der Waals surface area contributed by atoms with E-state index in [1.807, 2.05) is 6.92 Å². The monoisotopic (exact) mass is 154 g/mol. The van der Waals surface area contributed by atoms with E-state index in [1.165, 1.54) is 0 Å². The van der Waals surface area contributed by atoms with E-state index in [2.05, 4.69) is 6.58 Å². The summed E-state index contributed by atoms with van der Waals surface area (Å²) in [6.07, 6.45) is 1.58. The average Bonchev–Trinajstić information content (AvgIpc) is 2.36. The quantitative estimate of drug-likeness (QED) is 0.454. The van der Waals surface area contributed by atoms with Gasteiger partial charge < -0.3 is 9.53 Å². The van der Waals surface area contributed by atoms with Gasteiger partial charge >= 0.3 is 0 Å². The van der Waals surface area contributed by atoms with Crippen LogP contribution in [0.5, 0.6) is 0 Å². The average molecular weight is 154 g/mol. The van der Waals surface area contributed by atoms with Crippen molar-refractivity contribution in [2.24, 2.45) is 11.8 Å². The summed E-state index contributed by atoms with van der Waals surface area (Å²) in [6.45, 7) is 7.33. The van der Waals surface area contributed by atoms with Gasteiger partial charge in [-0.15, -0.1) is 0 Å². The Balaban J connectivity index is 2.50. The number of rotatable bonds is 3. The molecule has 0 aromatic heterocycles. The smallest absolute Gasteiger partial charge is 0.120 e. The van der Waals surface area contributed by atoms with Gasteiger partial charge in [0.05, 0.1) is 13.2 Å². The molecule has 0 bridgehead atoms. The van der Waals surface area contributed by atoms with Gasteiger partial charge in [-0.05, 0) is 12.8 Å². The largest absolute Gasteiger partial charge is 0.380 e.